The Labute approximate surface area is 112 Å². The van der Waals surface area contributed by atoms with Gasteiger partial charge in [-0.1, -0.05) is 12.1 Å². The van der Waals surface area contributed by atoms with Crippen LogP contribution in [0.5, 0.6) is 0 Å². The lowest BCUT2D eigenvalue weighted by Crippen LogP contribution is -2.03. The minimum atomic E-state index is 0.224. The van der Waals surface area contributed by atoms with Crippen LogP contribution in [0.1, 0.15) is 5.56 Å². The van der Waals surface area contributed by atoms with Crippen molar-refractivity contribution in [2.75, 3.05) is 30.5 Å². The second-order valence-electron chi connectivity index (χ2n) is 4.01. The maximum Gasteiger partial charge on any atom is 0.223 e. The van der Waals surface area contributed by atoms with Crippen LogP contribution < -0.4 is 16.4 Å². The van der Waals surface area contributed by atoms with Gasteiger partial charge < -0.3 is 21.1 Å². The van der Waals surface area contributed by atoms with Crippen molar-refractivity contribution in [2.45, 2.75) is 6.61 Å². The fourth-order valence-corrected chi connectivity index (χ4v) is 1.71. The second-order valence-corrected chi connectivity index (χ2v) is 4.01. The molecular formula is C13H17N5O. The predicted octanol–water partition coefficient (Wildman–Crippen LogP) is 1.99. The Morgan fingerprint density at radius 2 is 2.00 bits per heavy atom. The Hall–Kier alpha value is -2.34. The van der Waals surface area contributed by atoms with Crippen molar-refractivity contribution in [3.8, 4) is 0 Å². The fraction of sp³-hybridized carbons (Fsp3) is 0.231. The van der Waals surface area contributed by atoms with Crippen molar-refractivity contribution in [2.24, 2.45) is 0 Å². The van der Waals surface area contributed by atoms with E-state index >= 15 is 0 Å². The Bertz CT molecular complexity index is 558. The standard InChI is InChI=1S/C13H17N5O/c1-15-11-7-12(18-13(14)17-11)16-10-5-3-4-9(6-10)8-19-2/h3-7H,8H2,1-2H3,(H4,14,15,16,17,18). The normalized spacial score (nSPS) is 10.2. The minimum absolute atomic E-state index is 0.224. The van der Waals surface area contributed by atoms with Crippen molar-refractivity contribution in [1.29, 1.82) is 0 Å². The van der Waals surface area contributed by atoms with Crippen LogP contribution in [0.15, 0.2) is 30.3 Å². The maximum absolute atomic E-state index is 5.64. The van der Waals surface area contributed by atoms with Crippen molar-refractivity contribution in [3.63, 3.8) is 0 Å². The molecule has 2 aromatic rings. The first-order valence-electron chi connectivity index (χ1n) is 5.88. The highest BCUT2D eigenvalue weighted by Crippen LogP contribution is 2.19. The summed E-state index contributed by atoms with van der Waals surface area (Å²) in [5.74, 6) is 1.54. The van der Waals surface area contributed by atoms with Gasteiger partial charge >= 0.3 is 0 Å². The minimum Gasteiger partial charge on any atom is -0.380 e. The van der Waals surface area contributed by atoms with Gasteiger partial charge in [-0.05, 0) is 17.7 Å². The summed E-state index contributed by atoms with van der Waals surface area (Å²) in [5.41, 5.74) is 7.66. The lowest BCUT2D eigenvalue weighted by molar-refractivity contribution is 0.185. The lowest BCUT2D eigenvalue weighted by Gasteiger charge is -2.09. The SMILES string of the molecule is CNc1cc(Nc2cccc(COC)c2)nc(N)n1. The molecule has 0 aliphatic heterocycles. The van der Waals surface area contributed by atoms with E-state index in [4.69, 9.17) is 10.5 Å². The van der Waals surface area contributed by atoms with Gasteiger partial charge in [0, 0.05) is 25.9 Å². The van der Waals surface area contributed by atoms with E-state index in [0.29, 0.717) is 18.2 Å². The van der Waals surface area contributed by atoms with Crippen LogP contribution in [0, 0.1) is 0 Å². The average molecular weight is 259 g/mol. The maximum atomic E-state index is 5.64. The molecule has 1 aromatic heterocycles. The summed E-state index contributed by atoms with van der Waals surface area (Å²) in [4.78, 5) is 8.17. The van der Waals surface area contributed by atoms with E-state index < -0.39 is 0 Å². The number of anilines is 4. The molecule has 0 aliphatic rings. The zero-order chi connectivity index (χ0) is 13.7. The Balaban J connectivity index is 2.20. The van der Waals surface area contributed by atoms with Crippen LogP contribution in [0.2, 0.25) is 0 Å². The van der Waals surface area contributed by atoms with E-state index in [9.17, 15) is 0 Å². The van der Waals surface area contributed by atoms with E-state index in [1.54, 1.807) is 20.2 Å². The summed E-state index contributed by atoms with van der Waals surface area (Å²) in [5, 5.41) is 6.13. The van der Waals surface area contributed by atoms with Crippen LogP contribution in [0.4, 0.5) is 23.3 Å². The number of benzene rings is 1. The first-order valence-corrected chi connectivity index (χ1v) is 5.88. The molecule has 6 heteroatoms. The molecule has 0 saturated carbocycles. The largest absolute Gasteiger partial charge is 0.380 e. The second kappa shape index (κ2) is 6.01. The number of hydrogen-bond donors (Lipinski definition) is 3. The summed E-state index contributed by atoms with van der Waals surface area (Å²) < 4.78 is 5.11. The molecule has 0 saturated heterocycles. The molecule has 100 valence electrons. The van der Waals surface area contributed by atoms with Gasteiger partial charge in [-0.15, -0.1) is 0 Å². The van der Waals surface area contributed by atoms with E-state index in [1.807, 2.05) is 24.3 Å². The summed E-state index contributed by atoms with van der Waals surface area (Å²) in [6, 6.07) is 9.71. The van der Waals surface area contributed by atoms with Crippen LogP contribution in [0.25, 0.3) is 0 Å². The number of rotatable bonds is 5. The third-order valence-corrected chi connectivity index (χ3v) is 2.51. The van der Waals surface area contributed by atoms with Gasteiger partial charge in [-0.25, -0.2) is 0 Å². The monoisotopic (exact) mass is 259 g/mol. The molecule has 1 aromatic carbocycles. The van der Waals surface area contributed by atoms with Crippen molar-refractivity contribution in [3.05, 3.63) is 35.9 Å². The number of aromatic nitrogens is 2. The van der Waals surface area contributed by atoms with Crippen LogP contribution >= 0.6 is 0 Å². The first-order chi connectivity index (χ1) is 9.21. The lowest BCUT2D eigenvalue weighted by atomic mass is 10.2. The molecule has 0 aliphatic carbocycles. The molecule has 1 heterocycles. The molecular weight excluding hydrogens is 242 g/mol. The third-order valence-electron chi connectivity index (χ3n) is 2.51. The fourth-order valence-electron chi connectivity index (χ4n) is 1.71. The summed E-state index contributed by atoms with van der Waals surface area (Å²) >= 11 is 0. The topological polar surface area (TPSA) is 85.1 Å². The Morgan fingerprint density at radius 1 is 1.21 bits per heavy atom. The van der Waals surface area contributed by atoms with Gasteiger partial charge in [0.1, 0.15) is 11.6 Å². The molecule has 0 amide bonds. The van der Waals surface area contributed by atoms with Gasteiger partial charge in [-0.3, -0.25) is 0 Å². The van der Waals surface area contributed by atoms with Crippen LogP contribution in [-0.2, 0) is 11.3 Å². The first kappa shape index (κ1) is 13.1. The highest BCUT2D eigenvalue weighted by molar-refractivity contribution is 5.61. The van der Waals surface area contributed by atoms with Gasteiger partial charge in [0.2, 0.25) is 5.95 Å². The molecule has 0 unspecified atom stereocenters. The molecule has 4 N–H and O–H groups in total. The van der Waals surface area contributed by atoms with Crippen molar-refractivity contribution < 1.29 is 4.74 Å². The number of methoxy groups -OCH3 is 1. The predicted molar refractivity (Wildman–Crippen MR) is 76.4 cm³/mol. The molecule has 0 atom stereocenters. The molecule has 0 fully saturated rings. The molecule has 19 heavy (non-hydrogen) atoms. The number of nitrogens with one attached hydrogen (secondary N) is 2. The third kappa shape index (κ3) is 3.56. The van der Waals surface area contributed by atoms with E-state index in [2.05, 4.69) is 20.6 Å². The molecule has 6 nitrogen and oxygen atoms in total. The van der Waals surface area contributed by atoms with Crippen LogP contribution in [0.3, 0.4) is 0 Å². The smallest absolute Gasteiger partial charge is 0.223 e. The van der Waals surface area contributed by atoms with E-state index in [-0.39, 0.29) is 5.95 Å². The quantitative estimate of drug-likeness (QED) is 0.761. The van der Waals surface area contributed by atoms with Crippen molar-refractivity contribution >= 4 is 23.3 Å². The van der Waals surface area contributed by atoms with Gasteiger partial charge in [0.25, 0.3) is 0 Å². The zero-order valence-electron chi connectivity index (χ0n) is 11.0. The summed E-state index contributed by atoms with van der Waals surface area (Å²) in [6.07, 6.45) is 0. The Kier molecular flexibility index (Phi) is 4.15. The molecule has 0 spiro atoms. The van der Waals surface area contributed by atoms with Gasteiger partial charge in [-0.2, -0.15) is 9.97 Å². The highest BCUT2D eigenvalue weighted by atomic mass is 16.5. The van der Waals surface area contributed by atoms with E-state index in [1.165, 1.54) is 0 Å². The number of nitrogen functional groups attached to an aromatic ring is 1. The Morgan fingerprint density at radius 3 is 2.74 bits per heavy atom. The number of ether oxygens (including phenoxy) is 1. The number of nitrogens with two attached hydrogens (primary N) is 1. The van der Waals surface area contributed by atoms with Crippen LogP contribution in [-0.4, -0.2) is 24.1 Å². The average Bonchev–Trinajstić information content (AvgIpc) is 2.39. The molecule has 0 bridgehead atoms. The summed E-state index contributed by atoms with van der Waals surface area (Å²) in [7, 11) is 3.45. The highest BCUT2D eigenvalue weighted by Gasteiger charge is 2.02. The number of hydrogen-bond acceptors (Lipinski definition) is 6. The van der Waals surface area contributed by atoms with E-state index in [0.717, 1.165) is 11.3 Å². The molecule has 0 radical (unpaired) electrons. The zero-order valence-corrected chi connectivity index (χ0v) is 11.0. The van der Waals surface area contributed by atoms with Gasteiger partial charge in [0.05, 0.1) is 6.61 Å². The number of nitrogens with zero attached hydrogens (tertiary/aromatic N) is 2. The molecule has 2 rings (SSSR count). The van der Waals surface area contributed by atoms with Gasteiger partial charge in [0.15, 0.2) is 0 Å². The van der Waals surface area contributed by atoms with Crippen molar-refractivity contribution in [1.82, 2.24) is 9.97 Å². The summed E-state index contributed by atoms with van der Waals surface area (Å²) in [6.45, 7) is 0.573.